The molecule has 0 aromatic heterocycles. The Hall–Kier alpha value is -1.09. The molecule has 0 amide bonds. The minimum Gasteiger partial charge on any atom is -0.393 e. The van der Waals surface area contributed by atoms with Crippen LogP contribution in [0.2, 0.25) is 0 Å². The molecule has 27 heavy (non-hydrogen) atoms. The lowest BCUT2D eigenvalue weighted by molar-refractivity contribution is 0.145. The molecule has 1 aliphatic heterocycles. The zero-order chi connectivity index (χ0) is 18.8. The van der Waals surface area contributed by atoms with Gasteiger partial charge < -0.3 is 20.6 Å². The van der Waals surface area contributed by atoms with Gasteiger partial charge >= 0.3 is 0 Å². The molecule has 7 heteroatoms. The predicted molar refractivity (Wildman–Crippen MR) is 122 cm³/mol. The molecule has 1 aliphatic rings. The molecule has 154 valence electrons. The van der Waals surface area contributed by atoms with Crippen molar-refractivity contribution < 1.29 is 9.50 Å². The van der Waals surface area contributed by atoms with Gasteiger partial charge in [0.15, 0.2) is 5.96 Å². The Kier molecular flexibility index (Phi) is 11.7. The Labute approximate surface area is 179 Å². The molecule has 0 spiro atoms. The summed E-state index contributed by atoms with van der Waals surface area (Å²) in [6, 6.07) is 5.34. The first-order valence-corrected chi connectivity index (χ1v) is 9.87. The van der Waals surface area contributed by atoms with E-state index in [-0.39, 0.29) is 35.9 Å². The number of aliphatic imine (C=N–C) groups is 1. The smallest absolute Gasteiger partial charge is 0.191 e. The molecule has 3 N–H and O–H groups in total. The van der Waals surface area contributed by atoms with Gasteiger partial charge in [-0.25, -0.2) is 9.38 Å². The summed E-state index contributed by atoms with van der Waals surface area (Å²) in [6.07, 6.45) is 4.65. The number of rotatable bonds is 8. The Bertz CT molecular complexity index is 577. The molecular formula is C20H34FIN4O. The zero-order valence-corrected chi connectivity index (χ0v) is 18.8. The molecule has 0 unspecified atom stereocenters. The Morgan fingerprint density at radius 1 is 1.22 bits per heavy atom. The van der Waals surface area contributed by atoms with Crippen LogP contribution in [0, 0.1) is 5.82 Å². The van der Waals surface area contributed by atoms with Gasteiger partial charge in [0, 0.05) is 26.2 Å². The quantitative estimate of drug-likeness (QED) is 0.225. The highest BCUT2D eigenvalue weighted by atomic mass is 127. The van der Waals surface area contributed by atoms with Crippen molar-refractivity contribution >= 4 is 35.6 Å². The first-order valence-electron chi connectivity index (χ1n) is 9.87. The third-order valence-corrected chi connectivity index (χ3v) is 4.65. The minimum atomic E-state index is -0.253. The predicted octanol–water partition coefficient (Wildman–Crippen LogP) is 3.65. The average Bonchev–Trinajstić information content (AvgIpc) is 2.64. The Balaban J connectivity index is 0.00000364. The average molecular weight is 492 g/mol. The van der Waals surface area contributed by atoms with Crippen molar-refractivity contribution in [3.8, 4) is 0 Å². The maximum Gasteiger partial charge on any atom is 0.191 e. The molecule has 0 bridgehead atoms. The lowest BCUT2D eigenvalue weighted by atomic mass is 10.1. The lowest BCUT2D eigenvalue weighted by Gasteiger charge is -2.31. The van der Waals surface area contributed by atoms with E-state index < -0.39 is 0 Å². The van der Waals surface area contributed by atoms with Gasteiger partial charge in [-0.1, -0.05) is 25.8 Å². The standard InChI is InChI=1S/C20H33FN4O.HI/c1-3-5-6-11-23-20(22-4-2)24-15-16-7-8-19(18(21)14-16)25-12-9-17(26)10-13-25;/h7-8,14,17,26H,3-6,9-13,15H2,1-2H3,(H2,22,23,24);1H. The molecule has 0 atom stereocenters. The summed E-state index contributed by atoms with van der Waals surface area (Å²) >= 11 is 0. The molecular weight excluding hydrogens is 458 g/mol. The van der Waals surface area contributed by atoms with E-state index in [1.54, 1.807) is 6.07 Å². The van der Waals surface area contributed by atoms with E-state index in [0.717, 1.165) is 31.0 Å². The topological polar surface area (TPSA) is 59.9 Å². The number of halogens is 2. The third kappa shape index (κ3) is 8.21. The van der Waals surface area contributed by atoms with Crippen LogP contribution in [0.5, 0.6) is 0 Å². The number of nitrogens with one attached hydrogen (secondary N) is 2. The maximum atomic E-state index is 14.5. The van der Waals surface area contributed by atoms with Crippen molar-refractivity contribution in [1.82, 2.24) is 10.6 Å². The van der Waals surface area contributed by atoms with E-state index in [1.807, 2.05) is 24.0 Å². The van der Waals surface area contributed by atoms with Crippen LogP contribution in [0.1, 0.15) is 51.5 Å². The van der Waals surface area contributed by atoms with Gasteiger partial charge in [0.25, 0.3) is 0 Å². The van der Waals surface area contributed by atoms with Crippen molar-refractivity contribution in [1.29, 1.82) is 0 Å². The van der Waals surface area contributed by atoms with Crippen molar-refractivity contribution in [3.63, 3.8) is 0 Å². The second-order valence-corrected chi connectivity index (χ2v) is 6.83. The molecule has 0 saturated carbocycles. The highest BCUT2D eigenvalue weighted by Gasteiger charge is 2.19. The lowest BCUT2D eigenvalue weighted by Crippen LogP contribution is -2.37. The van der Waals surface area contributed by atoms with Gasteiger partial charge in [-0.3, -0.25) is 0 Å². The summed E-state index contributed by atoms with van der Waals surface area (Å²) in [4.78, 5) is 6.56. The number of hydrogen-bond acceptors (Lipinski definition) is 3. The van der Waals surface area contributed by atoms with Gasteiger partial charge in [0.2, 0.25) is 0 Å². The molecule has 0 radical (unpaired) electrons. The number of hydrogen-bond donors (Lipinski definition) is 3. The fourth-order valence-electron chi connectivity index (χ4n) is 3.11. The first-order chi connectivity index (χ1) is 12.6. The van der Waals surface area contributed by atoms with Crippen LogP contribution in [0.25, 0.3) is 0 Å². The van der Waals surface area contributed by atoms with Crippen molar-refractivity contribution in [2.24, 2.45) is 4.99 Å². The highest BCUT2D eigenvalue weighted by Crippen LogP contribution is 2.24. The highest BCUT2D eigenvalue weighted by molar-refractivity contribution is 14.0. The number of guanidine groups is 1. The van der Waals surface area contributed by atoms with Crippen LogP contribution in [-0.2, 0) is 6.54 Å². The largest absolute Gasteiger partial charge is 0.393 e. The fraction of sp³-hybridized carbons (Fsp3) is 0.650. The summed E-state index contributed by atoms with van der Waals surface area (Å²) in [6.45, 7) is 7.75. The fourth-order valence-corrected chi connectivity index (χ4v) is 3.11. The number of unbranched alkanes of at least 4 members (excludes halogenated alkanes) is 2. The second kappa shape index (κ2) is 13.1. The van der Waals surface area contributed by atoms with Crippen LogP contribution < -0.4 is 15.5 Å². The molecule has 1 saturated heterocycles. The van der Waals surface area contributed by atoms with Crippen LogP contribution in [0.4, 0.5) is 10.1 Å². The van der Waals surface area contributed by atoms with Crippen molar-refractivity contribution in [3.05, 3.63) is 29.6 Å². The van der Waals surface area contributed by atoms with E-state index in [1.165, 1.54) is 12.8 Å². The third-order valence-electron chi connectivity index (χ3n) is 4.65. The number of aliphatic hydroxyl groups is 1. The SMILES string of the molecule is CCCCCNC(=NCc1ccc(N2CCC(O)CC2)c(F)c1)NCC.I. The van der Waals surface area contributed by atoms with E-state index >= 15 is 0 Å². The van der Waals surface area contributed by atoms with Crippen LogP contribution >= 0.6 is 24.0 Å². The van der Waals surface area contributed by atoms with Gasteiger partial charge in [0.1, 0.15) is 5.82 Å². The first kappa shape index (κ1) is 23.9. The number of aliphatic hydroxyl groups excluding tert-OH is 1. The molecule has 1 aromatic rings. The minimum absolute atomic E-state index is 0. The summed E-state index contributed by atoms with van der Waals surface area (Å²) in [7, 11) is 0. The number of anilines is 1. The molecule has 1 aromatic carbocycles. The second-order valence-electron chi connectivity index (χ2n) is 6.83. The van der Waals surface area contributed by atoms with Crippen LogP contribution in [0.3, 0.4) is 0 Å². The normalized spacial score (nSPS) is 15.4. The van der Waals surface area contributed by atoms with Gasteiger partial charge in [-0.15, -0.1) is 24.0 Å². The summed E-state index contributed by atoms with van der Waals surface area (Å²) in [5.74, 6) is 0.563. The zero-order valence-electron chi connectivity index (χ0n) is 16.5. The van der Waals surface area contributed by atoms with Crippen LogP contribution in [-0.4, -0.2) is 43.3 Å². The molecule has 1 heterocycles. The van der Waals surface area contributed by atoms with E-state index in [9.17, 15) is 9.50 Å². The summed E-state index contributed by atoms with van der Waals surface area (Å²) in [5.41, 5.74) is 1.48. The molecule has 5 nitrogen and oxygen atoms in total. The van der Waals surface area contributed by atoms with Gasteiger partial charge in [-0.2, -0.15) is 0 Å². The maximum absolute atomic E-state index is 14.5. The number of piperidine rings is 1. The van der Waals surface area contributed by atoms with E-state index in [0.29, 0.717) is 38.2 Å². The van der Waals surface area contributed by atoms with E-state index in [2.05, 4.69) is 22.5 Å². The summed E-state index contributed by atoms with van der Waals surface area (Å²) < 4.78 is 14.5. The molecule has 2 rings (SSSR count). The Morgan fingerprint density at radius 3 is 2.59 bits per heavy atom. The molecule has 0 aliphatic carbocycles. The van der Waals surface area contributed by atoms with Gasteiger partial charge in [0.05, 0.1) is 18.3 Å². The van der Waals surface area contributed by atoms with Crippen molar-refractivity contribution in [2.45, 2.75) is 58.6 Å². The summed E-state index contributed by atoms with van der Waals surface area (Å²) in [5, 5.41) is 16.1. The number of benzene rings is 1. The van der Waals surface area contributed by atoms with Gasteiger partial charge in [-0.05, 0) is 43.9 Å². The monoisotopic (exact) mass is 492 g/mol. The number of nitrogens with zero attached hydrogens (tertiary/aromatic N) is 2. The van der Waals surface area contributed by atoms with Crippen molar-refractivity contribution in [2.75, 3.05) is 31.1 Å². The van der Waals surface area contributed by atoms with E-state index in [4.69, 9.17) is 0 Å². The van der Waals surface area contributed by atoms with Crippen LogP contribution in [0.15, 0.2) is 23.2 Å². The Morgan fingerprint density at radius 2 is 1.96 bits per heavy atom. The molecule has 1 fully saturated rings.